The molecule has 0 saturated carbocycles. The van der Waals surface area contributed by atoms with E-state index in [1.165, 1.54) is 49.7 Å². The smallest absolute Gasteiger partial charge is 0.193 e. The highest BCUT2D eigenvalue weighted by Crippen LogP contribution is 2.27. The first-order valence-electron chi connectivity index (χ1n) is 10.7. The van der Waals surface area contributed by atoms with E-state index in [0.29, 0.717) is 12.5 Å². The second-order valence-electron chi connectivity index (χ2n) is 7.90. The number of guanidine groups is 1. The van der Waals surface area contributed by atoms with Crippen LogP contribution in [0.1, 0.15) is 55.2 Å². The van der Waals surface area contributed by atoms with E-state index < -0.39 is 0 Å². The molecule has 5 nitrogen and oxygen atoms in total. The van der Waals surface area contributed by atoms with Gasteiger partial charge in [-0.25, -0.2) is 9.98 Å². The van der Waals surface area contributed by atoms with Gasteiger partial charge in [-0.1, -0.05) is 31.0 Å². The Bertz CT molecular complexity index is 811. The number of pyridine rings is 1. The first-order chi connectivity index (χ1) is 13.8. The first kappa shape index (κ1) is 21.9. The molecule has 1 aromatic carbocycles. The summed E-state index contributed by atoms with van der Waals surface area (Å²) in [6.07, 6.45) is 11.9. The van der Waals surface area contributed by atoms with Crippen LogP contribution in [0.4, 0.5) is 11.5 Å². The largest absolute Gasteiger partial charge is 0.370 e. The molecular weight excluding hydrogens is 473 g/mol. The van der Waals surface area contributed by atoms with E-state index in [-0.39, 0.29) is 24.0 Å². The molecule has 1 aromatic heterocycles. The molecule has 156 valence electrons. The van der Waals surface area contributed by atoms with Crippen molar-refractivity contribution in [3.63, 3.8) is 0 Å². The van der Waals surface area contributed by atoms with E-state index in [9.17, 15) is 0 Å². The van der Waals surface area contributed by atoms with Crippen LogP contribution in [0.3, 0.4) is 0 Å². The van der Waals surface area contributed by atoms with Crippen molar-refractivity contribution >= 4 is 41.4 Å². The lowest BCUT2D eigenvalue weighted by molar-refractivity contribution is 0.687. The van der Waals surface area contributed by atoms with Gasteiger partial charge in [0, 0.05) is 25.0 Å². The van der Waals surface area contributed by atoms with Crippen LogP contribution in [0, 0.1) is 0 Å². The Balaban J connectivity index is 0.00000240. The minimum Gasteiger partial charge on any atom is -0.370 e. The molecule has 2 aliphatic rings. The Morgan fingerprint density at radius 3 is 2.55 bits per heavy atom. The van der Waals surface area contributed by atoms with E-state index in [4.69, 9.17) is 5.73 Å². The summed E-state index contributed by atoms with van der Waals surface area (Å²) >= 11 is 0. The van der Waals surface area contributed by atoms with Gasteiger partial charge in [-0.05, 0) is 67.3 Å². The molecule has 0 amide bonds. The second-order valence-corrected chi connectivity index (χ2v) is 7.90. The quantitative estimate of drug-likeness (QED) is 0.353. The molecule has 2 heterocycles. The number of aliphatic imine (C=N–C) groups is 1. The molecule has 2 aromatic rings. The Morgan fingerprint density at radius 2 is 1.79 bits per heavy atom. The van der Waals surface area contributed by atoms with Crippen molar-refractivity contribution in [3.8, 4) is 0 Å². The number of benzene rings is 1. The maximum atomic E-state index is 6.16. The van der Waals surface area contributed by atoms with Crippen LogP contribution in [-0.4, -0.2) is 24.0 Å². The van der Waals surface area contributed by atoms with Crippen molar-refractivity contribution in [1.29, 1.82) is 0 Å². The monoisotopic (exact) mass is 505 g/mol. The maximum absolute atomic E-state index is 6.16. The third kappa shape index (κ3) is 5.84. The normalized spacial score (nSPS) is 17.1. The fourth-order valence-corrected chi connectivity index (χ4v) is 4.25. The lowest BCUT2D eigenvalue weighted by Crippen LogP contribution is -2.25. The lowest BCUT2D eigenvalue weighted by Gasteiger charge is -2.21. The molecule has 0 radical (unpaired) electrons. The molecule has 0 bridgehead atoms. The molecular formula is C23H32IN5. The van der Waals surface area contributed by atoms with Crippen molar-refractivity contribution in [1.82, 2.24) is 4.98 Å². The van der Waals surface area contributed by atoms with Gasteiger partial charge in [0.1, 0.15) is 5.82 Å². The average molecular weight is 505 g/mol. The molecule has 0 spiro atoms. The standard InChI is InChI=1S/C23H31N5.HI/c24-23(27-21-11-7-9-19-8-3-4-10-20(19)21)26-17-18-12-13-22(25-16-18)28-14-5-1-2-6-15-28;/h7,9,11-13,16H,1-6,8,10,14-15,17H2,(H3,24,26,27);1H. The van der Waals surface area contributed by atoms with Crippen LogP contribution in [0.15, 0.2) is 41.5 Å². The Kier molecular flexibility index (Phi) is 8.15. The number of fused-ring (bicyclic) bond motifs is 1. The molecule has 1 saturated heterocycles. The van der Waals surface area contributed by atoms with Gasteiger partial charge in [0.25, 0.3) is 0 Å². The number of anilines is 2. The molecule has 3 N–H and O–H groups in total. The van der Waals surface area contributed by atoms with E-state index >= 15 is 0 Å². The first-order valence-corrected chi connectivity index (χ1v) is 10.7. The summed E-state index contributed by atoms with van der Waals surface area (Å²) in [5, 5.41) is 3.31. The van der Waals surface area contributed by atoms with Gasteiger partial charge in [0.2, 0.25) is 0 Å². The SMILES string of the molecule is I.NC(=NCc1ccc(N2CCCCCC2)nc1)Nc1cccc2c1CCCC2. The zero-order valence-electron chi connectivity index (χ0n) is 17.1. The fourth-order valence-electron chi connectivity index (χ4n) is 4.25. The predicted molar refractivity (Wildman–Crippen MR) is 132 cm³/mol. The van der Waals surface area contributed by atoms with Crippen molar-refractivity contribution in [2.24, 2.45) is 10.7 Å². The summed E-state index contributed by atoms with van der Waals surface area (Å²) < 4.78 is 0. The highest BCUT2D eigenvalue weighted by molar-refractivity contribution is 14.0. The van der Waals surface area contributed by atoms with Gasteiger partial charge in [-0.15, -0.1) is 24.0 Å². The van der Waals surface area contributed by atoms with Crippen LogP contribution in [0.25, 0.3) is 0 Å². The Hall–Kier alpha value is -1.83. The molecule has 6 heteroatoms. The minimum absolute atomic E-state index is 0. The second kappa shape index (κ2) is 10.8. The van der Waals surface area contributed by atoms with Crippen LogP contribution < -0.4 is 16.0 Å². The minimum atomic E-state index is 0. The van der Waals surface area contributed by atoms with Crippen molar-refractivity contribution in [2.75, 3.05) is 23.3 Å². The molecule has 0 atom stereocenters. The van der Waals surface area contributed by atoms with Gasteiger partial charge in [0.15, 0.2) is 5.96 Å². The molecule has 1 aliphatic carbocycles. The van der Waals surface area contributed by atoms with Crippen molar-refractivity contribution in [3.05, 3.63) is 53.2 Å². The highest BCUT2D eigenvalue weighted by atomic mass is 127. The molecule has 1 fully saturated rings. The van der Waals surface area contributed by atoms with Gasteiger partial charge in [-0.2, -0.15) is 0 Å². The van der Waals surface area contributed by atoms with E-state index in [2.05, 4.69) is 50.5 Å². The number of hydrogen-bond donors (Lipinski definition) is 2. The Morgan fingerprint density at radius 1 is 1.00 bits per heavy atom. The summed E-state index contributed by atoms with van der Waals surface area (Å²) in [4.78, 5) is 11.6. The highest BCUT2D eigenvalue weighted by Gasteiger charge is 2.13. The zero-order valence-corrected chi connectivity index (χ0v) is 19.4. The number of rotatable bonds is 4. The number of aromatic nitrogens is 1. The van der Waals surface area contributed by atoms with Gasteiger partial charge in [-0.3, -0.25) is 0 Å². The number of nitrogens with zero attached hydrogens (tertiary/aromatic N) is 3. The summed E-state index contributed by atoms with van der Waals surface area (Å²) in [5.41, 5.74) is 11.2. The van der Waals surface area contributed by atoms with Gasteiger partial charge in [0.05, 0.1) is 6.54 Å². The summed E-state index contributed by atoms with van der Waals surface area (Å²) in [5.74, 6) is 1.55. The van der Waals surface area contributed by atoms with E-state index in [1.807, 2.05) is 6.20 Å². The Labute approximate surface area is 191 Å². The average Bonchev–Trinajstić information content (AvgIpc) is 3.03. The predicted octanol–water partition coefficient (Wildman–Crippen LogP) is 4.89. The topological polar surface area (TPSA) is 66.5 Å². The van der Waals surface area contributed by atoms with E-state index in [0.717, 1.165) is 43.0 Å². The third-order valence-corrected chi connectivity index (χ3v) is 5.83. The van der Waals surface area contributed by atoms with Crippen molar-refractivity contribution in [2.45, 2.75) is 57.9 Å². The maximum Gasteiger partial charge on any atom is 0.193 e. The third-order valence-electron chi connectivity index (χ3n) is 5.83. The number of nitrogens with one attached hydrogen (secondary N) is 1. The molecule has 1 aliphatic heterocycles. The fraction of sp³-hybridized carbons (Fsp3) is 0.478. The van der Waals surface area contributed by atoms with Gasteiger partial charge < -0.3 is 16.0 Å². The molecule has 0 unspecified atom stereocenters. The van der Waals surface area contributed by atoms with Crippen LogP contribution in [0.2, 0.25) is 0 Å². The number of nitrogens with two attached hydrogens (primary N) is 1. The van der Waals surface area contributed by atoms with Crippen LogP contribution >= 0.6 is 24.0 Å². The van der Waals surface area contributed by atoms with Crippen molar-refractivity contribution < 1.29 is 0 Å². The molecule has 4 rings (SSSR count). The van der Waals surface area contributed by atoms with Crippen LogP contribution in [-0.2, 0) is 19.4 Å². The number of halogens is 1. The van der Waals surface area contributed by atoms with E-state index in [1.54, 1.807) is 0 Å². The number of aryl methyl sites for hydroxylation is 1. The summed E-state index contributed by atoms with van der Waals surface area (Å²) in [6, 6.07) is 10.7. The summed E-state index contributed by atoms with van der Waals surface area (Å²) in [7, 11) is 0. The number of hydrogen-bond acceptors (Lipinski definition) is 3. The summed E-state index contributed by atoms with van der Waals surface area (Å²) in [6.45, 7) is 2.77. The van der Waals surface area contributed by atoms with Crippen LogP contribution in [0.5, 0.6) is 0 Å². The van der Waals surface area contributed by atoms with Gasteiger partial charge >= 0.3 is 0 Å². The lowest BCUT2D eigenvalue weighted by atomic mass is 9.90. The zero-order chi connectivity index (χ0) is 19.2. The molecule has 29 heavy (non-hydrogen) atoms.